The van der Waals surface area contributed by atoms with Gasteiger partial charge in [0, 0.05) is 25.8 Å². The van der Waals surface area contributed by atoms with Gasteiger partial charge in [0.1, 0.15) is 17.9 Å². The zero-order chi connectivity index (χ0) is 24.8. The summed E-state index contributed by atoms with van der Waals surface area (Å²) in [5.74, 6) is 0.906. The standard InChI is InChI=1S/C23H24FN7O4/c1-13(32)27-17-10-14(24)4-6-16(17)29-22-20-21(26-12-25-20)30-23(31-22)28-15-5-7-18(19(11-15)34-3)35-9-8-33-2/h4-7,10-12H,8-9H2,1-3H3,(H,27,32)(H3,25,26,28,29,30,31). The maximum Gasteiger partial charge on any atom is 0.231 e. The minimum Gasteiger partial charge on any atom is -0.493 e. The first-order valence-corrected chi connectivity index (χ1v) is 10.6. The number of nitrogens with one attached hydrogen (secondary N) is 4. The van der Waals surface area contributed by atoms with Gasteiger partial charge in [0.25, 0.3) is 0 Å². The Kier molecular flexibility index (Phi) is 7.21. The number of hydrogen-bond donors (Lipinski definition) is 4. The number of imidazole rings is 1. The molecule has 0 fully saturated rings. The lowest BCUT2D eigenvalue weighted by Crippen LogP contribution is -2.09. The number of anilines is 5. The van der Waals surface area contributed by atoms with Crippen LogP contribution >= 0.6 is 0 Å². The molecule has 1 amide bonds. The Hall–Kier alpha value is -4.45. The number of methoxy groups -OCH3 is 2. The van der Waals surface area contributed by atoms with Crippen molar-refractivity contribution in [3.05, 3.63) is 48.5 Å². The summed E-state index contributed by atoms with van der Waals surface area (Å²) in [6, 6.07) is 9.32. The first kappa shape index (κ1) is 23.7. The van der Waals surface area contributed by atoms with E-state index in [-0.39, 0.29) is 17.5 Å². The van der Waals surface area contributed by atoms with Gasteiger partial charge in [-0.3, -0.25) is 4.79 Å². The molecule has 4 rings (SSSR count). The van der Waals surface area contributed by atoms with E-state index in [1.54, 1.807) is 32.4 Å². The number of nitrogens with zero attached hydrogens (tertiary/aromatic N) is 3. The quantitative estimate of drug-likeness (QED) is 0.248. The topological polar surface area (TPSA) is 135 Å². The van der Waals surface area contributed by atoms with Crippen molar-refractivity contribution in [1.82, 2.24) is 19.9 Å². The Morgan fingerprint density at radius 2 is 1.89 bits per heavy atom. The van der Waals surface area contributed by atoms with Gasteiger partial charge < -0.3 is 35.1 Å². The fraction of sp³-hybridized carbons (Fsp3) is 0.217. The minimum atomic E-state index is -0.486. The first-order valence-electron chi connectivity index (χ1n) is 10.6. The number of carbonyl (C=O) groups excluding carboxylic acids is 1. The van der Waals surface area contributed by atoms with Crippen molar-refractivity contribution in [3.63, 3.8) is 0 Å². The van der Waals surface area contributed by atoms with Gasteiger partial charge in [-0.2, -0.15) is 9.97 Å². The van der Waals surface area contributed by atoms with Crippen LogP contribution in [0, 0.1) is 5.82 Å². The van der Waals surface area contributed by atoms with Crippen LogP contribution in [0.2, 0.25) is 0 Å². The average molecular weight is 481 g/mol. The number of ether oxygens (including phenoxy) is 3. The summed E-state index contributed by atoms with van der Waals surface area (Å²) in [6.45, 7) is 2.18. The second kappa shape index (κ2) is 10.7. The molecule has 0 radical (unpaired) electrons. The van der Waals surface area contributed by atoms with E-state index in [9.17, 15) is 9.18 Å². The van der Waals surface area contributed by atoms with Crippen molar-refractivity contribution in [2.24, 2.45) is 0 Å². The number of aromatic amines is 1. The van der Waals surface area contributed by atoms with E-state index in [0.29, 0.717) is 53.1 Å². The minimum absolute atomic E-state index is 0.255. The number of carbonyl (C=O) groups is 1. The molecule has 2 heterocycles. The van der Waals surface area contributed by atoms with Gasteiger partial charge in [0.15, 0.2) is 23.0 Å². The van der Waals surface area contributed by atoms with Gasteiger partial charge in [-0.15, -0.1) is 0 Å². The van der Waals surface area contributed by atoms with Gasteiger partial charge in [0.2, 0.25) is 11.9 Å². The maximum atomic E-state index is 13.8. The highest BCUT2D eigenvalue weighted by molar-refractivity contribution is 5.95. The lowest BCUT2D eigenvalue weighted by molar-refractivity contribution is -0.114. The molecule has 0 atom stereocenters. The molecule has 0 spiro atoms. The van der Waals surface area contributed by atoms with Gasteiger partial charge in [-0.05, 0) is 30.3 Å². The summed E-state index contributed by atoms with van der Waals surface area (Å²) in [6.07, 6.45) is 1.49. The smallest absolute Gasteiger partial charge is 0.231 e. The van der Waals surface area contributed by atoms with Crippen molar-refractivity contribution >= 4 is 45.9 Å². The molecule has 4 aromatic rings. The maximum absolute atomic E-state index is 13.8. The number of H-pyrrole nitrogens is 1. The molecule has 11 nitrogen and oxygen atoms in total. The highest BCUT2D eigenvalue weighted by Crippen LogP contribution is 2.32. The molecular formula is C23H24FN7O4. The molecule has 12 heteroatoms. The van der Waals surface area contributed by atoms with Gasteiger partial charge in [-0.25, -0.2) is 9.37 Å². The Bertz CT molecular complexity index is 1340. The molecular weight excluding hydrogens is 457 g/mol. The molecule has 0 saturated heterocycles. The predicted molar refractivity (Wildman–Crippen MR) is 129 cm³/mol. The monoisotopic (exact) mass is 481 g/mol. The van der Waals surface area contributed by atoms with Crippen LogP contribution in [0.4, 0.5) is 33.2 Å². The predicted octanol–water partition coefficient (Wildman–Crippen LogP) is 3.97. The second-order valence-electron chi connectivity index (χ2n) is 7.32. The number of fused-ring (bicyclic) bond motifs is 1. The van der Waals surface area contributed by atoms with Crippen molar-refractivity contribution in [2.45, 2.75) is 6.92 Å². The van der Waals surface area contributed by atoms with E-state index < -0.39 is 5.82 Å². The van der Waals surface area contributed by atoms with Gasteiger partial charge in [-0.1, -0.05) is 0 Å². The van der Waals surface area contributed by atoms with Crippen molar-refractivity contribution in [2.75, 3.05) is 43.4 Å². The van der Waals surface area contributed by atoms with Crippen LogP contribution < -0.4 is 25.4 Å². The lowest BCUT2D eigenvalue weighted by Gasteiger charge is -2.14. The van der Waals surface area contributed by atoms with E-state index in [1.165, 1.54) is 31.5 Å². The third kappa shape index (κ3) is 5.73. The second-order valence-corrected chi connectivity index (χ2v) is 7.32. The fourth-order valence-electron chi connectivity index (χ4n) is 3.25. The van der Waals surface area contributed by atoms with Gasteiger partial charge >= 0.3 is 0 Å². The third-order valence-electron chi connectivity index (χ3n) is 4.80. The van der Waals surface area contributed by atoms with E-state index in [4.69, 9.17) is 14.2 Å². The first-order chi connectivity index (χ1) is 17.0. The summed E-state index contributed by atoms with van der Waals surface area (Å²) in [5.41, 5.74) is 2.31. The fourth-order valence-corrected chi connectivity index (χ4v) is 3.25. The molecule has 35 heavy (non-hydrogen) atoms. The van der Waals surface area contributed by atoms with Crippen LogP contribution in [0.5, 0.6) is 11.5 Å². The third-order valence-corrected chi connectivity index (χ3v) is 4.80. The molecule has 2 aromatic heterocycles. The number of hydrogen-bond acceptors (Lipinski definition) is 9. The van der Waals surface area contributed by atoms with Crippen molar-refractivity contribution in [1.29, 1.82) is 0 Å². The van der Waals surface area contributed by atoms with Crippen LogP contribution in [0.1, 0.15) is 6.92 Å². The van der Waals surface area contributed by atoms with Gasteiger partial charge in [0.05, 0.1) is 31.4 Å². The Balaban J connectivity index is 1.63. The summed E-state index contributed by atoms with van der Waals surface area (Å²) in [5, 5.41) is 8.86. The molecule has 2 aromatic carbocycles. The van der Waals surface area contributed by atoms with E-state index in [1.807, 2.05) is 0 Å². The molecule has 182 valence electrons. The van der Waals surface area contributed by atoms with Crippen LogP contribution in [0.3, 0.4) is 0 Å². The zero-order valence-electron chi connectivity index (χ0n) is 19.3. The number of benzene rings is 2. The Labute approximate surface area is 200 Å². The van der Waals surface area contributed by atoms with E-state index in [0.717, 1.165) is 0 Å². The average Bonchev–Trinajstić information content (AvgIpc) is 3.30. The summed E-state index contributed by atoms with van der Waals surface area (Å²) in [4.78, 5) is 27.8. The highest BCUT2D eigenvalue weighted by Gasteiger charge is 2.14. The molecule has 0 aliphatic heterocycles. The summed E-state index contributed by atoms with van der Waals surface area (Å²) < 4.78 is 29.9. The number of amides is 1. The Morgan fingerprint density at radius 1 is 1.03 bits per heavy atom. The van der Waals surface area contributed by atoms with Crippen LogP contribution in [0.15, 0.2) is 42.7 Å². The van der Waals surface area contributed by atoms with Crippen molar-refractivity contribution in [3.8, 4) is 11.5 Å². The molecule has 0 aliphatic rings. The summed E-state index contributed by atoms with van der Waals surface area (Å²) in [7, 11) is 3.15. The molecule has 0 unspecified atom stereocenters. The molecule has 0 aliphatic carbocycles. The molecule has 4 N–H and O–H groups in total. The number of rotatable bonds is 10. The van der Waals surface area contributed by atoms with Crippen LogP contribution in [-0.2, 0) is 9.53 Å². The molecule has 0 saturated carbocycles. The van der Waals surface area contributed by atoms with Crippen LogP contribution in [-0.4, -0.2) is 53.3 Å². The number of halogens is 1. The largest absolute Gasteiger partial charge is 0.493 e. The molecule has 0 bridgehead atoms. The van der Waals surface area contributed by atoms with E-state index in [2.05, 4.69) is 35.9 Å². The normalized spacial score (nSPS) is 10.7. The van der Waals surface area contributed by atoms with Crippen molar-refractivity contribution < 1.29 is 23.4 Å². The zero-order valence-corrected chi connectivity index (χ0v) is 19.3. The number of aromatic nitrogens is 4. The van der Waals surface area contributed by atoms with E-state index >= 15 is 0 Å². The van der Waals surface area contributed by atoms with Crippen LogP contribution in [0.25, 0.3) is 11.2 Å². The highest BCUT2D eigenvalue weighted by atomic mass is 19.1. The SMILES string of the molecule is COCCOc1ccc(Nc2nc(Nc3ccc(F)cc3NC(C)=O)c3[nH]cnc3n2)cc1OC. The summed E-state index contributed by atoms with van der Waals surface area (Å²) >= 11 is 0. The Morgan fingerprint density at radius 3 is 2.66 bits per heavy atom. The lowest BCUT2D eigenvalue weighted by atomic mass is 10.2.